The van der Waals surface area contributed by atoms with Crippen LogP contribution >= 0.6 is 0 Å². The topological polar surface area (TPSA) is 63.2 Å². The Bertz CT molecular complexity index is 1330. The molecule has 3 rings (SSSR count). The first-order valence-electron chi connectivity index (χ1n) is 14.0. The minimum absolute atomic E-state index is 0.0892. The Labute approximate surface area is 245 Å². The zero-order valence-corrected chi connectivity index (χ0v) is 25.2. The summed E-state index contributed by atoms with van der Waals surface area (Å²) in [5.74, 6) is 0.688. The first kappa shape index (κ1) is 31.8. The monoisotopic (exact) mass is 556 g/mol. The summed E-state index contributed by atoms with van der Waals surface area (Å²) < 4.78 is 20.2. The van der Waals surface area contributed by atoms with E-state index in [4.69, 9.17) is 10.5 Å². The normalized spacial score (nSPS) is 23.0. The molecule has 6 heteroatoms. The lowest BCUT2D eigenvalue weighted by Gasteiger charge is -2.30. The van der Waals surface area contributed by atoms with E-state index in [0.29, 0.717) is 29.7 Å². The van der Waals surface area contributed by atoms with Crippen molar-refractivity contribution in [3.63, 3.8) is 0 Å². The third kappa shape index (κ3) is 7.92. The largest absolute Gasteiger partial charge is 0.479 e. The second-order valence-electron chi connectivity index (χ2n) is 11.4. The van der Waals surface area contributed by atoms with Gasteiger partial charge in [-0.3, -0.25) is 9.89 Å². The second-order valence-corrected chi connectivity index (χ2v) is 11.4. The molecule has 0 spiro atoms. The number of halogens is 1. The van der Waals surface area contributed by atoms with Gasteiger partial charge in [0.15, 0.2) is 5.90 Å². The van der Waals surface area contributed by atoms with E-state index >= 15 is 0 Å². The van der Waals surface area contributed by atoms with E-state index in [9.17, 15) is 4.39 Å². The van der Waals surface area contributed by atoms with Crippen molar-refractivity contribution in [1.82, 2.24) is 4.90 Å². The molecular weight excluding hydrogens is 511 g/mol. The summed E-state index contributed by atoms with van der Waals surface area (Å²) in [5.41, 5.74) is 13.8. The molecule has 3 aliphatic rings. The van der Waals surface area contributed by atoms with Crippen LogP contribution in [-0.2, 0) is 4.74 Å². The summed E-state index contributed by atoms with van der Waals surface area (Å²) in [5, 5.41) is 0. The molecule has 2 heterocycles. The summed E-state index contributed by atoms with van der Waals surface area (Å²) in [4.78, 5) is 11.1. The first-order chi connectivity index (χ1) is 19.4. The quantitative estimate of drug-likeness (QED) is 0.130. The van der Waals surface area contributed by atoms with Gasteiger partial charge in [0.05, 0.1) is 16.9 Å². The molecule has 5 nitrogen and oxygen atoms in total. The van der Waals surface area contributed by atoms with E-state index in [-0.39, 0.29) is 22.5 Å². The predicted octanol–water partition coefficient (Wildman–Crippen LogP) is 7.63. The van der Waals surface area contributed by atoms with Gasteiger partial charge in [-0.05, 0) is 44.3 Å². The zero-order chi connectivity index (χ0) is 30.3. The minimum atomic E-state index is -0.858. The van der Waals surface area contributed by atoms with Gasteiger partial charge in [0, 0.05) is 43.4 Å². The number of nitrogens with two attached hydrogens (primary N) is 1. The number of aliphatic imine (C=N–C) groups is 2. The molecule has 2 aliphatic heterocycles. The molecule has 2 N–H and O–H groups in total. The van der Waals surface area contributed by atoms with Crippen LogP contribution in [0.15, 0.2) is 129 Å². The molecule has 41 heavy (non-hydrogen) atoms. The molecule has 218 valence electrons. The summed E-state index contributed by atoms with van der Waals surface area (Å²) in [6, 6.07) is 0. The molecule has 0 aromatic rings. The number of nitrogens with zero attached hydrogens (tertiary/aromatic N) is 3. The van der Waals surface area contributed by atoms with Crippen LogP contribution in [0.2, 0.25) is 0 Å². The smallest absolute Gasteiger partial charge is 0.184 e. The van der Waals surface area contributed by atoms with Crippen LogP contribution < -0.4 is 5.73 Å². The van der Waals surface area contributed by atoms with Gasteiger partial charge >= 0.3 is 0 Å². The van der Waals surface area contributed by atoms with Gasteiger partial charge in [-0.1, -0.05) is 92.5 Å². The van der Waals surface area contributed by atoms with Gasteiger partial charge < -0.3 is 10.5 Å². The van der Waals surface area contributed by atoms with Crippen LogP contribution in [0.5, 0.6) is 0 Å². The van der Waals surface area contributed by atoms with E-state index in [2.05, 4.69) is 86.8 Å². The number of fused-ring (bicyclic) bond motifs is 1. The lowest BCUT2D eigenvalue weighted by Crippen LogP contribution is -2.42. The van der Waals surface area contributed by atoms with Crippen molar-refractivity contribution in [2.45, 2.75) is 52.5 Å². The number of alkyl halides is 1. The van der Waals surface area contributed by atoms with Gasteiger partial charge in [-0.25, -0.2) is 9.38 Å². The van der Waals surface area contributed by atoms with Gasteiger partial charge in [-0.2, -0.15) is 0 Å². The van der Waals surface area contributed by atoms with Crippen LogP contribution in [-0.4, -0.2) is 48.9 Å². The highest BCUT2D eigenvalue weighted by Crippen LogP contribution is 2.42. The van der Waals surface area contributed by atoms with Crippen molar-refractivity contribution in [2.24, 2.45) is 21.6 Å². The van der Waals surface area contributed by atoms with Gasteiger partial charge in [0.1, 0.15) is 13.3 Å². The van der Waals surface area contributed by atoms with E-state index in [1.54, 1.807) is 6.92 Å². The average Bonchev–Trinajstić information content (AvgIpc) is 3.34. The maximum atomic E-state index is 14.1. The number of hydrogen-bond acceptors (Lipinski definition) is 5. The predicted molar refractivity (Wildman–Crippen MR) is 172 cm³/mol. The van der Waals surface area contributed by atoms with Crippen molar-refractivity contribution < 1.29 is 9.13 Å². The molecule has 1 aliphatic carbocycles. The Kier molecular flexibility index (Phi) is 10.6. The van der Waals surface area contributed by atoms with Crippen LogP contribution in [0.3, 0.4) is 0 Å². The fraction of sp³-hybridized carbons (Fsp3) is 0.371. The SMILES string of the molecule is C=C1CN2CC(=C)CC2(CO/C(C)=N/C(CF)=C(/C=N\C(=C)C(=C)/C=C\C=C2\C=CCC(C)=C(C)C2C)C(=C)N)C1. The second kappa shape index (κ2) is 13.7. The van der Waals surface area contributed by atoms with E-state index in [0.717, 1.165) is 32.4 Å². The molecule has 2 saturated heterocycles. The summed E-state index contributed by atoms with van der Waals surface area (Å²) in [7, 11) is 0. The Hall–Kier alpha value is -3.77. The number of allylic oxidation sites excluding steroid dienone is 10. The molecule has 2 fully saturated rings. The first-order valence-corrected chi connectivity index (χ1v) is 14.0. The summed E-state index contributed by atoms with van der Waals surface area (Å²) in [6.07, 6.45) is 14.4. The standard InChI is InChI=1S/C35H45FN4O/c1-23-16-35(17-24(2)21-40(35)20-23)22-41-31(9)39-34(18-36)33(29(7)37)19-38-30(8)26(4)13-11-15-32-14-10-12-25(3)27(5)28(32)6/h10-11,13-15,19,28H,1-2,4,7-8,12,16-18,20-22,37H2,3,5-6,9H3/b13-11-,32-15-,34-33-,38-19-,39-31+. The minimum Gasteiger partial charge on any atom is -0.479 e. The van der Waals surface area contributed by atoms with Crippen LogP contribution in [0.25, 0.3) is 0 Å². The maximum Gasteiger partial charge on any atom is 0.184 e. The molecule has 1 atom stereocenters. The van der Waals surface area contributed by atoms with Crippen LogP contribution in [0.4, 0.5) is 4.39 Å². The Morgan fingerprint density at radius 2 is 1.85 bits per heavy atom. The molecule has 0 aromatic heterocycles. The lowest BCUT2D eigenvalue weighted by atomic mass is 9.91. The van der Waals surface area contributed by atoms with Gasteiger partial charge in [0.2, 0.25) is 0 Å². The fourth-order valence-corrected chi connectivity index (χ4v) is 5.51. The number of hydrogen-bond donors (Lipinski definition) is 1. The molecule has 0 saturated carbocycles. The average molecular weight is 557 g/mol. The van der Waals surface area contributed by atoms with Crippen molar-refractivity contribution in [3.05, 3.63) is 119 Å². The summed E-state index contributed by atoms with van der Waals surface area (Å²) in [6.45, 7) is 29.7. The Morgan fingerprint density at radius 3 is 2.46 bits per heavy atom. The molecule has 0 amide bonds. The highest BCUT2D eigenvalue weighted by atomic mass is 19.1. The molecular formula is C35H45FN4O. The highest BCUT2D eigenvalue weighted by Gasteiger charge is 2.47. The molecule has 0 bridgehead atoms. The van der Waals surface area contributed by atoms with Crippen molar-refractivity contribution >= 4 is 12.1 Å². The third-order valence-corrected chi connectivity index (χ3v) is 8.15. The number of rotatable bonds is 10. The molecule has 0 radical (unpaired) electrons. The van der Waals surface area contributed by atoms with Crippen molar-refractivity contribution in [2.75, 3.05) is 26.4 Å². The number of ether oxygens (including phenoxy) is 1. The summed E-state index contributed by atoms with van der Waals surface area (Å²) >= 11 is 0. The van der Waals surface area contributed by atoms with E-state index in [1.165, 1.54) is 34.1 Å². The van der Waals surface area contributed by atoms with Crippen molar-refractivity contribution in [3.8, 4) is 0 Å². The highest BCUT2D eigenvalue weighted by molar-refractivity contribution is 5.87. The molecule has 1 unspecified atom stereocenters. The van der Waals surface area contributed by atoms with E-state index < -0.39 is 6.67 Å². The Morgan fingerprint density at radius 1 is 1.20 bits per heavy atom. The van der Waals surface area contributed by atoms with Gasteiger partial charge in [-0.15, -0.1) is 0 Å². The van der Waals surface area contributed by atoms with Crippen LogP contribution in [0, 0.1) is 5.92 Å². The maximum absolute atomic E-state index is 14.1. The van der Waals surface area contributed by atoms with Gasteiger partial charge in [0.25, 0.3) is 0 Å². The lowest BCUT2D eigenvalue weighted by molar-refractivity contribution is 0.106. The Balaban J connectivity index is 1.70. The molecule has 0 aromatic carbocycles. The fourth-order valence-electron chi connectivity index (χ4n) is 5.51. The van der Waals surface area contributed by atoms with Crippen LogP contribution in [0.1, 0.15) is 47.0 Å². The zero-order valence-electron chi connectivity index (χ0n) is 25.2. The third-order valence-electron chi connectivity index (χ3n) is 8.15. The van der Waals surface area contributed by atoms with Crippen molar-refractivity contribution in [1.29, 1.82) is 0 Å². The van der Waals surface area contributed by atoms with E-state index in [1.807, 2.05) is 12.2 Å².